The van der Waals surface area contributed by atoms with E-state index < -0.39 is 5.92 Å². The Morgan fingerprint density at radius 3 is 2.81 bits per heavy atom. The van der Waals surface area contributed by atoms with Gasteiger partial charge in [0.05, 0.1) is 17.3 Å². The molecule has 5 rings (SSSR count). The molecule has 1 aliphatic heterocycles. The van der Waals surface area contributed by atoms with Gasteiger partial charge >= 0.3 is 0 Å². The van der Waals surface area contributed by atoms with Crippen molar-refractivity contribution in [3.8, 4) is 5.95 Å². The van der Waals surface area contributed by atoms with Gasteiger partial charge in [-0.3, -0.25) is 19.4 Å². The number of H-pyrrole nitrogens is 1. The van der Waals surface area contributed by atoms with Gasteiger partial charge in [0.1, 0.15) is 5.82 Å². The molecule has 2 aliphatic rings. The summed E-state index contributed by atoms with van der Waals surface area (Å²) < 4.78 is 1.44. The van der Waals surface area contributed by atoms with E-state index in [1.807, 2.05) is 30.3 Å². The number of fused-ring (bicyclic) bond motifs is 1. The van der Waals surface area contributed by atoms with E-state index in [9.17, 15) is 14.4 Å². The van der Waals surface area contributed by atoms with E-state index in [4.69, 9.17) is 0 Å². The fourth-order valence-electron chi connectivity index (χ4n) is 4.25. The van der Waals surface area contributed by atoms with Gasteiger partial charge in [-0.15, -0.1) is 0 Å². The van der Waals surface area contributed by atoms with Crippen LogP contribution in [0.5, 0.6) is 0 Å². The molecule has 2 N–H and O–H groups in total. The Balaban J connectivity index is 1.38. The fourth-order valence-corrected chi connectivity index (χ4v) is 4.25. The predicted octanol–water partition coefficient (Wildman–Crippen LogP) is 1.74. The topological polar surface area (TPSA) is 113 Å². The number of para-hydroxylation sites is 1. The van der Waals surface area contributed by atoms with Crippen LogP contribution < -0.4 is 15.8 Å². The molecule has 3 aromatic rings. The molecule has 0 unspecified atom stereocenters. The van der Waals surface area contributed by atoms with Crippen molar-refractivity contribution in [3.63, 3.8) is 0 Å². The first-order valence-corrected chi connectivity index (χ1v) is 10.3. The van der Waals surface area contributed by atoms with Crippen LogP contribution in [0.4, 0.5) is 11.5 Å². The highest BCUT2D eigenvalue weighted by molar-refractivity contribution is 6.03. The van der Waals surface area contributed by atoms with Crippen LogP contribution in [0.3, 0.4) is 0 Å². The number of benzene rings is 1. The van der Waals surface area contributed by atoms with Crippen molar-refractivity contribution in [2.45, 2.75) is 32.6 Å². The summed E-state index contributed by atoms with van der Waals surface area (Å²) in [5, 5.41) is 7.27. The highest BCUT2D eigenvalue weighted by atomic mass is 16.2. The molecule has 2 aromatic heterocycles. The number of nitrogens with zero attached hydrogens (tertiary/aromatic N) is 4. The van der Waals surface area contributed by atoms with Gasteiger partial charge < -0.3 is 10.2 Å². The highest BCUT2D eigenvalue weighted by Gasteiger charge is 2.35. The number of carbonyl (C=O) groups is 2. The quantitative estimate of drug-likeness (QED) is 0.670. The van der Waals surface area contributed by atoms with E-state index in [0.717, 1.165) is 36.2 Å². The van der Waals surface area contributed by atoms with Crippen molar-refractivity contribution >= 4 is 23.3 Å². The molecule has 1 aromatic carbocycles. The average molecular weight is 418 g/mol. The first kappa shape index (κ1) is 19.2. The lowest BCUT2D eigenvalue weighted by Crippen LogP contribution is -2.29. The Bertz CT molecular complexity index is 1230. The zero-order valence-electron chi connectivity index (χ0n) is 17.1. The number of amides is 2. The molecular weight excluding hydrogens is 396 g/mol. The van der Waals surface area contributed by atoms with Gasteiger partial charge in [-0.2, -0.15) is 9.78 Å². The summed E-state index contributed by atoms with van der Waals surface area (Å²) in [5.41, 5.74) is 2.80. The van der Waals surface area contributed by atoms with E-state index in [1.54, 1.807) is 17.9 Å². The molecule has 2 amide bonds. The molecule has 9 heteroatoms. The molecule has 0 bridgehead atoms. The SMILES string of the molecule is Cc1cc(NC(=O)[C@H]2CC(=O)N(c3ccccc3)C2)n(-c2nc3c(c(=O)[nH]2)CCC3)n1. The second-order valence-corrected chi connectivity index (χ2v) is 7.98. The van der Waals surface area contributed by atoms with Crippen LogP contribution in [0, 0.1) is 12.8 Å². The van der Waals surface area contributed by atoms with Crippen molar-refractivity contribution in [2.24, 2.45) is 5.92 Å². The van der Waals surface area contributed by atoms with Gasteiger partial charge in [-0.25, -0.2) is 4.98 Å². The van der Waals surface area contributed by atoms with Crippen molar-refractivity contribution in [3.05, 3.63) is 63.7 Å². The average Bonchev–Trinajstić information content (AvgIpc) is 3.47. The largest absolute Gasteiger partial charge is 0.312 e. The Morgan fingerprint density at radius 2 is 2.00 bits per heavy atom. The van der Waals surface area contributed by atoms with Crippen molar-refractivity contribution in [2.75, 3.05) is 16.8 Å². The first-order valence-electron chi connectivity index (χ1n) is 10.3. The summed E-state index contributed by atoms with van der Waals surface area (Å²) in [4.78, 5) is 46.8. The Morgan fingerprint density at radius 1 is 1.19 bits per heavy atom. The van der Waals surface area contributed by atoms with Crippen LogP contribution in [-0.4, -0.2) is 38.1 Å². The van der Waals surface area contributed by atoms with Crippen LogP contribution in [0.15, 0.2) is 41.2 Å². The third kappa shape index (κ3) is 3.52. The summed E-state index contributed by atoms with van der Waals surface area (Å²) in [6.07, 6.45) is 2.53. The summed E-state index contributed by atoms with van der Waals surface area (Å²) in [6, 6.07) is 11.0. The van der Waals surface area contributed by atoms with Gasteiger partial charge in [0.15, 0.2) is 0 Å². The number of aromatic amines is 1. The predicted molar refractivity (Wildman–Crippen MR) is 114 cm³/mol. The van der Waals surface area contributed by atoms with E-state index in [2.05, 4.69) is 20.4 Å². The maximum atomic E-state index is 13.0. The highest BCUT2D eigenvalue weighted by Crippen LogP contribution is 2.26. The number of aryl methyl sites for hydroxylation is 2. The molecule has 1 atom stereocenters. The van der Waals surface area contributed by atoms with Gasteiger partial charge in [0.2, 0.25) is 17.8 Å². The monoisotopic (exact) mass is 418 g/mol. The standard InChI is InChI=1S/C22H22N6O3/c1-13-10-18(28(26-13)22-23-17-9-5-8-16(17)21(31)25-22)24-20(30)14-11-19(29)27(12-14)15-6-3-2-4-7-15/h2-4,6-7,10,14H,5,8-9,11-12H2,1H3,(H,24,30)(H,23,25,31)/t14-/m0/s1. The summed E-state index contributed by atoms with van der Waals surface area (Å²) in [7, 11) is 0. The zero-order valence-corrected chi connectivity index (χ0v) is 17.1. The van der Waals surface area contributed by atoms with Crippen LogP contribution in [0.1, 0.15) is 29.8 Å². The molecule has 9 nitrogen and oxygen atoms in total. The van der Waals surface area contributed by atoms with Gasteiger partial charge in [0, 0.05) is 30.3 Å². The van der Waals surface area contributed by atoms with E-state index in [-0.39, 0.29) is 29.7 Å². The number of rotatable bonds is 4. The minimum absolute atomic E-state index is 0.0827. The van der Waals surface area contributed by atoms with Crippen LogP contribution in [0.25, 0.3) is 5.95 Å². The molecule has 31 heavy (non-hydrogen) atoms. The summed E-state index contributed by atoms with van der Waals surface area (Å²) in [5.74, 6) is -0.142. The van der Waals surface area contributed by atoms with Gasteiger partial charge in [0.25, 0.3) is 5.56 Å². The Hall–Kier alpha value is -3.75. The smallest absolute Gasteiger partial charge is 0.255 e. The van der Waals surface area contributed by atoms with E-state index in [0.29, 0.717) is 18.1 Å². The lowest BCUT2D eigenvalue weighted by molar-refractivity contribution is -0.122. The Labute approximate surface area is 178 Å². The van der Waals surface area contributed by atoms with Crippen LogP contribution >= 0.6 is 0 Å². The minimum atomic E-state index is -0.483. The van der Waals surface area contributed by atoms with Crippen molar-refractivity contribution < 1.29 is 9.59 Å². The third-order valence-electron chi connectivity index (χ3n) is 5.78. The second kappa shape index (κ2) is 7.50. The van der Waals surface area contributed by atoms with E-state index >= 15 is 0 Å². The lowest BCUT2D eigenvalue weighted by Gasteiger charge is -2.16. The molecule has 1 fully saturated rings. The summed E-state index contributed by atoms with van der Waals surface area (Å²) in [6.45, 7) is 2.11. The number of hydrogen-bond donors (Lipinski definition) is 2. The maximum Gasteiger partial charge on any atom is 0.255 e. The molecule has 1 aliphatic carbocycles. The van der Waals surface area contributed by atoms with Crippen LogP contribution in [-0.2, 0) is 22.4 Å². The molecule has 0 spiro atoms. The zero-order chi connectivity index (χ0) is 21.5. The molecule has 1 saturated heterocycles. The number of nitrogens with one attached hydrogen (secondary N) is 2. The van der Waals surface area contributed by atoms with E-state index in [1.165, 1.54) is 4.68 Å². The number of hydrogen-bond acceptors (Lipinski definition) is 5. The fraction of sp³-hybridized carbons (Fsp3) is 0.318. The normalized spacial score (nSPS) is 17.8. The van der Waals surface area contributed by atoms with Gasteiger partial charge in [-0.1, -0.05) is 18.2 Å². The minimum Gasteiger partial charge on any atom is -0.312 e. The summed E-state index contributed by atoms with van der Waals surface area (Å²) >= 11 is 0. The van der Waals surface area contributed by atoms with Crippen LogP contribution in [0.2, 0.25) is 0 Å². The molecule has 0 radical (unpaired) electrons. The second-order valence-electron chi connectivity index (χ2n) is 7.98. The van der Waals surface area contributed by atoms with Crippen molar-refractivity contribution in [1.82, 2.24) is 19.7 Å². The maximum absolute atomic E-state index is 13.0. The molecule has 0 saturated carbocycles. The number of carbonyl (C=O) groups excluding carboxylic acids is 2. The third-order valence-corrected chi connectivity index (χ3v) is 5.78. The molecule has 3 heterocycles. The lowest BCUT2D eigenvalue weighted by atomic mass is 10.1. The first-order chi connectivity index (χ1) is 15.0. The molecule has 158 valence electrons. The van der Waals surface area contributed by atoms with Gasteiger partial charge in [-0.05, 0) is 38.3 Å². The Kier molecular flexibility index (Phi) is 4.65. The number of aromatic nitrogens is 4. The van der Waals surface area contributed by atoms with Crippen molar-refractivity contribution in [1.29, 1.82) is 0 Å². The number of anilines is 2. The molecular formula is C22H22N6O3.